The van der Waals surface area contributed by atoms with Gasteiger partial charge in [0, 0.05) is 5.92 Å². The maximum absolute atomic E-state index is 12.2. The molecule has 104 valence electrons. The molecule has 3 aliphatic rings. The van der Waals surface area contributed by atoms with Gasteiger partial charge in [-0.3, -0.25) is 4.79 Å². The van der Waals surface area contributed by atoms with Crippen LogP contribution in [0, 0.1) is 11.3 Å². The molecule has 0 aromatic heterocycles. The van der Waals surface area contributed by atoms with Crippen LogP contribution in [0.15, 0.2) is 30.4 Å². The summed E-state index contributed by atoms with van der Waals surface area (Å²) >= 11 is 0. The number of carbonyl (C=O) groups is 1. The van der Waals surface area contributed by atoms with Crippen molar-refractivity contribution in [1.82, 2.24) is 0 Å². The largest absolute Gasteiger partial charge is 0.465 e. The molecule has 1 aromatic rings. The Balaban J connectivity index is 1.67. The number of hydrogen-bond acceptors (Lipinski definition) is 4. The molecule has 2 unspecified atom stereocenters. The summed E-state index contributed by atoms with van der Waals surface area (Å²) in [4.78, 5) is 12.2. The van der Waals surface area contributed by atoms with E-state index in [-0.39, 0.29) is 18.7 Å². The third kappa shape index (κ3) is 1.57. The highest BCUT2D eigenvalue weighted by atomic mass is 16.7. The Kier molecular flexibility index (Phi) is 2.37. The molecule has 0 bridgehead atoms. The fourth-order valence-corrected chi connectivity index (χ4v) is 3.68. The summed E-state index contributed by atoms with van der Waals surface area (Å²) in [5, 5.41) is 0. The summed E-state index contributed by atoms with van der Waals surface area (Å²) in [6.45, 7) is 4.86. The van der Waals surface area contributed by atoms with Crippen molar-refractivity contribution in [3.05, 3.63) is 35.9 Å². The van der Waals surface area contributed by atoms with Crippen molar-refractivity contribution in [3.63, 3.8) is 0 Å². The molecule has 2 fully saturated rings. The van der Waals surface area contributed by atoms with Crippen molar-refractivity contribution in [2.24, 2.45) is 11.3 Å². The Labute approximate surface area is 117 Å². The quantitative estimate of drug-likeness (QED) is 0.613. The highest BCUT2D eigenvalue weighted by Crippen LogP contribution is 2.52. The Morgan fingerprint density at radius 1 is 1.25 bits per heavy atom. The van der Waals surface area contributed by atoms with Gasteiger partial charge < -0.3 is 14.2 Å². The van der Waals surface area contributed by atoms with E-state index in [0.29, 0.717) is 13.0 Å². The lowest BCUT2D eigenvalue weighted by Crippen LogP contribution is -2.31. The zero-order chi connectivity index (χ0) is 13.7. The van der Waals surface area contributed by atoms with Crippen molar-refractivity contribution >= 4 is 5.97 Å². The third-order valence-electron chi connectivity index (χ3n) is 4.66. The first-order valence-corrected chi connectivity index (χ1v) is 6.90. The first-order valence-electron chi connectivity index (χ1n) is 6.90. The van der Waals surface area contributed by atoms with Crippen molar-refractivity contribution < 1.29 is 19.0 Å². The number of hydrogen-bond donors (Lipinski definition) is 0. The van der Waals surface area contributed by atoms with Gasteiger partial charge in [0.15, 0.2) is 11.5 Å². The molecule has 4 nitrogen and oxygen atoms in total. The molecule has 2 atom stereocenters. The van der Waals surface area contributed by atoms with E-state index in [2.05, 4.69) is 6.58 Å². The second-order valence-corrected chi connectivity index (χ2v) is 5.95. The topological polar surface area (TPSA) is 44.8 Å². The Morgan fingerprint density at radius 2 is 2.10 bits per heavy atom. The molecule has 0 amide bonds. The van der Waals surface area contributed by atoms with E-state index in [1.807, 2.05) is 18.2 Å². The highest BCUT2D eigenvalue weighted by molar-refractivity contribution is 5.81. The first-order chi connectivity index (χ1) is 9.67. The van der Waals surface area contributed by atoms with Crippen LogP contribution in [0.5, 0.6) is 11.5 Å². The zero-order valence-electron chi connectivity index (χ0n) is 11.2. The van der Waals surface area contributed by atoms with Crippen LogP contribution in [-0.2, 0) is 16.0 Å². The predicted octanol–water partition coefficient (Wildman–Crippen LogP) is 2.47. The number of carbonyl (C=O) groups excluding carboxylic acids is 1. The van der Waals surface area contributed by atoms with Crippen LogP contribution in [0.2, 0.25) is 0 Å². The number of cyclic esters (lactones) is 1. The average Bonchev–Trinajstić information content (AvgIpc) is 3.06. The number of benzene rings is 1. The maximum Gasteiger partial charge on any atom is 0.313 e. The van der Waals surface area contributed by atoms with E-state index in [4.69, 9.17) is 14.2 Å². The van der Waals surface area contributed by atoms with Crippen LogP contribution >= 0.6 is 0 Å². The number of allylic oxidation sites excluding steroid dienone is 1. The van der Waals surface area contributed by atoms with Gasteiger partial charge in [0.2, 0.25) is 6.79 Å². The smallest absolute Gasteiger partial charge is 0.313 e. The SMILES string of the molecule is C=C1CC2COC(=O)C2(Cc2ccc3c(c2)OCO3)C1. The number of fused-ring (bicyclic) bond motifs is 2. The van der Waals surface area contributed by atoms with Crippen molar-refractivity contribution in [2.75, 3.05) is 13.4 Å². The summed E-state index contributed by atoms with van der Waals surface area (Å²) < 4.78 is 16.0. The molecule has 4 heteroatoms. The monoisotopic (exact) mass is 272 g/mol. The molecule has 0 N–H and O–H groups in total. The van der Waals surface area contributed by atoms with E-state index in [1.54, 1.807) is 0 Å². The maximum atomic E-state index is 12.2. The second kappa shape index (κ2) is 4.01. The minimum Gasteiger partial charge on any atom is -0.465 e. The van der Waals surface area contributed by atoms with Crippen LogP contribution < -0.4 is 9.47 Å². The van der Waals surface area contributed by atoms with E-state index in [0.717, 1.165) is 35.5 Å². The van der Waals surface area contributed by atoms with Crippen LogP contribution in [0.4, 0.5) is 0 Å². The lowest BCUT2D eigenvalue weighted by atomic mass is 9.75. The first kappa shape index (κ1) is 11.8. The Hall–Kier alpha value is -1.97. The summed E-state index contributed by atoms with van der Waals surface area (Å²) in [7, 11) is 0. The van der Waals surface area contributed by atoms with Crippen molar-refractivity contribution in [2.45, 2.75) is 19.3 Å². The second-order valence-electron chi connectivity index (χ2n) is 5.95. The normalized spacial score (nSPS) is 30.5. The summed E-state index contributed by atoms with van der Waals surface area (Å²) in [5.74, 6) is 1.73. The van der Waals surface area contributed by atoms with Crippen LogP contribution in [-0.4, -0.2) is 19.4 Å². The highest BCUT2D eigenvalue weighted by Gasteiger charge is 2.55. The minimum absolute atomic E-state index is 0.0705. The summed E-state index contributed by atoms with van der Waals surface area (Å²) in [6, 6.07) is 5.89. The molecule has 1 aromatic carbocycles. The molecule has 1 saturated heterocycles. The lowest BCUT2D eigenvalue weighted by molar-refractivity contribution is -0.146. The zero-order valence-corrected chi connectivity index (χ0v) is 11.2. The fraction of sp³-hybridized carbons (Fsp3) is 0.438. The molecular weight excluding hydrogens is 256 g/mol. The molecule has 2 heterocycles. The van der Waals surface area contributed by atoms with Gasteiger partial charge in [-0.1, -0.05) is 18.2 Å². The number of esters is 1. The standard InChI is InChI=1S/C16H16O4/c1-10-4-12-8-18-15(17)16(12,6-10)7-11-2-3-13-14(5-11)20-9-19-13/h2-3,5,12H,1,4,6-9H2. The number of ether oxygens (including phenoxy) is 3. The van der Waals surface area contributed by atoms with Gasteiger partial charge in [0.1, 0.15) is 0 Å². The number of rotatable bonds is 2. The van der Waals surface area contributed by atoms with Crippen LogP contribution in [0.1, 0.15) is 18.4 Å². The van der Waals surface area contributed by atoms with Gasteiger partial charge in [-0.05, 0) is 37.0 Å². The van der Waals surface area contributed by atoms with Gasteiger partial charge in [-0.25, -0.2) is 0 Å². The Bertz CT molecular complexity index is 606. The molecular formula is C16H16O4. The van der Waals surface area contributed by atoms with Crippen LogP contribution in [0.25, 0.3) is 0 Å². The van der Waals surface area contributed by atoms with E-state index < -0.39 is 5.41 Å². The molecule has 2 aliphatic heterocycles. The van der Waals surface area contributed by atoms with E-state index >= 15 is 0 Å². The molecule has 4 rings (SSSR count). The van der Waals surface area contributed by atoms with Gasteiger partial charge in [-0.15, -0.1) is 0 Å². The lowest BCUT2D eigenvalue weighted by Gasteiger charge is -2.24. The summed E-state index contributed by atoms with van der Waals surface area (Å²) in [5.41, 5.74) is 1.84. The Morgan fingerprint density at radius 3 is 3.00 bits per heavy atom. The van der Waals surface area contributed by atoms with E-state index in [1.165, 1.54) is 0 Å². The van der Waals surface area contributed by atoms with Crippen LogP contribution in [0.3, 0.4) is 0 Å². The molecule has 20 heavy (non-hydrogen) atoms. The van der Waals surface area contributed by atoms with E-state index in [9.17, 15) is 4.79 Å². The van der Waals surface area contributed by atoms with Crippen molar-refractivity contribution in [1.29, 1.82) is 0 Å². The van der Waals surface area contributed by atoms with Crippen molar-refractivity contribution in [3.8, 4) is 11.5 Å². The molecule has 0 radical (unpaired) electrons. The van der Waals surface area contributed by atoms with Gasteiger partial charge in [-0.2, -0.15) is 0 Å². The van der Waals surface area contributed by atoms with Gasteiger partial charge in [0.05, 0.1) is 12.0 Å². The van der Waals surface area contributed by atoms with Gasteiger partial charge >= 0.3 is 5.97 Å². The minimum atomic E-state index is -0.412. The average molecular weight is 272 g/mol. The predicted molar refractivity (Wildman–Crippen MR) is 71.5 cm³/mol. The molecule has 1 saturated carbocycles. The van der Waals surface area contributed by atoms with Gasteiger partial charge in [0.25, 0.3) is 0 Å². The molecule has 0 spiro atoms. The third-order valence-corrected chi connectivity index (χ3v) is 4.66. The fourth-order valence-electron chi connectivity index (χ4n) is 3.68. The summed E-state index contributed by atoms with van der Waals surface area (Å²) in [6.07, 6.45) is 2.33. The molecule has 1 aliphatic carbocycles.